The molecule has 0 amide bonds. The monoisotopic (exact) mass is 379 g/mol. The summed E-state index contributed by atoms with van der Waals surface area (Å²) in [5.41, 5.74) is 9.21. The summed E-state index contributed by atoms with van der Waals surface area (Å²) in [5, 5.41) is 7.14. The number of anilines is 1. The van der Waals surface area contributed by atoms with Gasteiger partial charge in [0.15, 0.2) is 0 Å². The van der Waals surface area contributed by atoms with Crippen molar-refractivity contribution in [2.24, 2.45) is 5.73 Å². The zero-order chi connectivity index (χ0) is 18.4. The Morgan fingerprint density at radius 2 is 1.96 bits per heavy atom. The van der Waals surface area contributed by atoms with Crippen molar-refractivity contribution >= 4 is 27.4 Å². The number of benzene rings is 1. The normalized spacial score (nSPS) is 23.1. The molecular weight excluding hydrogens is 354 g/mol. The van der Waals surface area contributed by atoms with Crippen LogP contribution in [0, 0.1) is 6.92 Å². The van der Waals surface area contributed by atoms with Gasteiger partial charge >= 0.3 is 0 Å². The molecule has 1 fully saturated rings. The van der Waals surface area contributed by atoms with E-state index in [0.717, 1.165) is 48.8 Å². The third-order valence-electron chi connectivity index (χ3n) is 5.95. The summed E-state index contributed by atoms with van der Waals surface area (Å²) in [6.07, 6.45) is 3.28. The maximum atomic E-state index is 6.50. The Kier molecular flexibility index (Phi) is 4.34. The first kappa shape index (κ1) is 17.1. The summed E-state index contributed by atoms with van der Waals surface area (Å²) in [6.45, 7) is 4.03. The predicted molar refractivity (Wildman–Crippen MR) is 111 cm³/mol. The lowest BCUT2D eigenvalue weighted by Gasteiger charge is -2.35. The minimum atomic E-state index is 0.106. The Hall–Kier alpha value is -2.02. The second kappa shape index (κ2) is 6.86. The third-order valence-corrected chi connectivity index (χ3v) is 6.76. The Labute approximate surface area is 163 Å². The molecule has 2 aliphatic rings. The average molecular weight is 380 g/mol. The molecule has 27 heavy (non-hydrogen) atoms. The van der Waals surface area contributed by atoms with Gasteiger partial charge < -0.3 is 16.0 Å². The van der Waals surface area contributed by atoms with E-state index in [9.17, 15) is 0 Å². The van der Waals surface area contributed by atoms with Crippen LogP contribution in [0.3, 0.4) is 0 Å². The molecular formula is C21H25N5S. The highest BCUT2D eigenvalue weighted by Gasteiger charge is 2.32. The topological polar surface area (TPSA) is 67.1 Å². The molecule has 0 radical (unpaired) electrons. The summed E-state index contributed by atoms with van der Waals surface area (Å²) < 4.78 is 0. The number of rotatable bonds is 3. The summed E-state index contributed by atoms with van der Waals surface area (Å²) in [7, 11) is 0. The first-order chi connectivity index (χ1) is 13.2. The zero-order valence-corrected chi connectivity index (χ0v) is 16.4. The number of hydrogen-bond acceptors (Lipinski definition) is 6. The molecule has 1 aliphatic heterocycles. The van der Waals surface area contributed by atoms with Gasteiger partial charge in [-0.3, -0.25) is 0 Å². The van der Waals surface area contributed by atoms with Gasteiger partial charge in [0.05, 0.1) is 5.39 Å². The standard InChI is InChI=1S/C21H25N5S/c1-13-23-20(17-8-11-27-21(17)24-13)26-9-6-15(7-10-26)25-18-12-14-4-2-3-5-16(14)19(18)22/h2-5,8,11,15,18-19,25H,6-7,9-10,12,22H2,1H3/t18-,19-/m0/s1. The molecule has 3 heterocycles. The van der Waals surface area contributed by atoms with Crippen LogP contribution in [0.15, 0.2) is 35.7 Å². The Bertz CT molecular complexity index is 960. The van der Waals surface area contributed by atoms with Crippen LogP contribution in [0.25, 0.3) is 10.2 Å². The largest absolute Gasteiger partial charge is 0.356 e. The number of nitrogens with one attached hydrogen (secondary N) is 1. The molecule has 6 heteroatoms. The minimum absolute atomic E-state index is 0.106. The van der Waals surface area contributed by atoms with Crippen LogP contribution in [-0.2, 0) is 6.42 Å². The first-order valence-electron chi connectivity index (χ1n) is 9.75. The van der Waals surface area contributed by atoms with E-state index in [1.807, 2.05) is 6.92 Å². The summed E-state index contributed by atoms with van der Waals surface area (Å²) in [4.78, 5) is 12.8. The van der Waals surface area contributed by atoms with Gasteiger partial charge in [0, 0.05) is 31.2 Å². The second-order valence-corrected chi connectivity index (χ2v) is 8.59. The van der Waals surface area contributed by atoms with Crippen LogP contribution in [0.4, 0.5) is 5.82 Å². The fourth-order valence-electron chi connectivity index (χ4n) is 4.53. The number of aromatic nitrogens is 2. The highest BCUT2D eigenvalue weighted by Crippen LogP contribution is 2.32. The number of hydrogen-bond donors (Lipinski definition) is 2. The van der Waals surface area contributed by atoms with Crippen molar-refractivity contribution in [2.75, 3.05) is 18.0 Å². The number of nitrogens with two attached hydrogens (primary N) is 1. The van der Waals surface area contributed by atoms with Gasteiger partial charge in [-0.15, -0.1) is 11.3 Å². The van der Waals surface area contributed by atoms with Crippen molar-refractivity contribution in [3.05, 3.63) is 52.7 Å². The molecule has 1 saturated heterocycles. The molecule has 3 aromatic rings. The van der Waals surface area contributed by atoms with Crippen LogP contribution in [0.2, 0.25) is 0 Å². The van der Waals surface area contributed by atoms with E-state index in [-0.39, 0.29) is 6.04 Å². The van der Waals surface area contributed by atoms with Crippen molar-refractivity contribution in [2.45, 2.75) is 44.3 Å². The minimum Gasteiger partial charge on any atom is -0.356 e. The number of nitrogens with zero attached hydrogens (tertiary/aromatic N) is 3. The van der Waals surface area contributed by atoms with Crippen molar-refractivity contribution in [1.82, 2.24) is 15.3 Å². The molecule has 3 N–H and O–H groups in total. The van der Waals surface area contributed by atoms with Crippen molar-refractivity contribution < 1.29 is 0 Å². The molecule has 0 unspecified atom stereocenters. The molecule has 1 aromatic carbocycles. The van der Waals surface area contributed by atoms with Crippen LogP contribution in [0.1, 0.15) is 35.8 Å². The molecule has 5 nitrogen and oxygen atoms in total. The molecule has 2 aromatic heterocycles. The van der Waals surface area contributed by atoms with E-state index >= 15 is 0 Å². The van der Waals surface area contributed by atoms with Gasteiger partial charge in [0.25, 0.3) is 0 Å². The van der Waals surface area contributed by atoms with E-state index in [4.69, 9.17) is 10.7 Å². The fourth-order valence-corrected chi connectivity index (χ4v) is 5.34. The molecule has 140 valence electrons. The zero-order valence-electron chi connectivity index (χ0n) is 15.6. The highest BCUT2D eigenvalue weighted by atomic mass is 32.1. The Balaban J connectivity index is 1.25. The smallest absolute Gasteiger partial charge is 0.141 e. The SMILES string of the molecule is Cc1nc(N2CCC(N[C@H]3Cc4ccccc4[C@@H]3N)CC2)c2ccsc2n1. The predicted octanol–water partition coefficient (Wildman–Crippen LogP) is 3.18. The van der Waals surface area contributed by atoms with Crippen LogP contribution in [0.5, 0.6) is 0 Å². The van der Waals surface area contributed by atoms with Gasteiger partial charge in [-0.25, -0.2) is 9.97 Å². The van der Waals surface area contributed by atoms with Gasteiger partial charge in [0.1, 0.15) is 16.5 Å². The van der Waals surface area contributed by atoms with Crippen LogP contribution >= 0.6 is 11.3 Å². The van der Waals surface area contributed by atoms with Gasteiger partial charge in [-0.1, -0.05) is 24.3 Å². The van der Waals surface area contributed by atoms with E-state index in [1.165, 1.54) is 16.5 Å². The second-order valence-electron chi connectivity index (χ2n) is 7.70. The van der Waals surface area contributed by atoms with Gasteiger partial charge in [-0.05, 0) is 48.8 Å². The number of aryl methyl sites for hydroxylation is 1. The van der Waals surface area contributed by atoms with Crippen molar-refractivity contribution in [3.8, 4) is 0 Å². The maximum Gasteiger partial charge on any atom is 0.141 e. The first-order valence-corrected chi connectivity index (χ1v) is 10.6. The van der Waals surface area contributed by atoms with Crippen LogP contribution < -0.4 is 16.0 Å². The maximum absolute atomic E-state index is 6.50. The number of thiophene rings is 1. The van der Waals surface area contributed by atoms with E-state index in [0.29, 0.717) is 12.1 Å². The highest BCUT2D eigenvalue weighted by molar-refractivity contribution is 7.16. The molecule has 0 saturated carbocycles. The lowest BCUT2D eigenvalue weighted by atomic mass is 10.0. The summed E-state index contributed by atoms with van der Waals surface area (Å²) in [5.74, 6) is 1.96. The van der Waals surface area contributed by atoms with Gasteiger partial charge in [0.2, 0.25) is 0 Å². The number of fused-ring (bicyclic) bond motifs is 2. The lowest BCUT2D eigenvalue weighted by molar-refractivity contribution is 0.346. The molecule has 5 rings (SSSR count). The molecule has 0 spiro atoms. The summed E-state index contributed by atoms with van der Waals surface area (Å²) >= 11 is 1.69. The van der Waals surface area contributed by atoms with Gasteiger partial charge in [-0.2, -0.15) is 0 Å². The quantitative estimate of drug-likeness (QED) is 0.732. The third kappa shape index (κ3) is 3.12. The van der Waals surface area contributed by atoms with Crippen molar-refractivity contribution in [1.29, 1.82) is 0 Å². The van der Waals surface area contributed by atoms with Crippen LogP contribution in [-0.4, -0.2) is 35.1 Å². The molecule has 0 bridgehead atoms. The molecule has 2 atom stereocenters. The lowest BCUT2D eigenvalue weighted by Crippen LogP contribution is -2.48. The average Bonchev–Trinajstić information content (AvgIpc) is 3.27. The van der Waals surface area contributed by atoms with E-state index < -0.39 is 0 Å². The van der Waals surface area contributed by atoms with E-state index in [1.54, 1.807) is 11.3 Å². The number of piperidine rings is 1. The molecule has 1 aliphatic carbocycles. The van der Waals surface area contributed by atoms with Crippen molar-refractivity contribution in [3.63, 3.8) is 0 Å². The van der Waals surface area contributed by atoms with E-state index in [2.05, 4.69) is 50.9 Å². The summed E-state index contributed by atoms with van der Waals surface area (Å²) in [6, 6.07) is 11.7. The Morgan fingerprint density at radius 1 is 1.15 bits per heavy atom. The Morgan fingerprint density at radius 3 is 2.78 bits per heavy atom. The fraction of sp³-hybridized carbons (Fsp3) is 0.429.